The van der Waals surface area contributed by atoms with Crippen molar-refractivity contribution in [1.82, 2.24) is 0 Å². The Bertz CT molecular complexity index is 497. The van der Waals surface area contributed by atoms with Gasteiger partial charge >= 0.3 is 0 Å². The number of aliphatic imine (C=N–C) groups is 1. The van der Waals surface area contributed by atoms with E-state index in [0.29, 0.717) is 6.04 Å². The van der Waals surface area contributed by atoms with Gasteiger partial charge in [-0.2, -0.15) is 0 Å². The van der Waals surface area contributed by atoms with Crippen LogP contribution in [0.2, 0.25) is 0 Å². The standard InChI is InChI=1S/C19H23N/c1-2-13-3-5-14(6-4-13)12-20-19-17-8-15-7-16(10-17)11-18(19)9-15/h2-6,12,15-19H,1,7-11H2. The Labute approximate surface area is 121 Å². The van der Waals surface area contributed by atoms with E-state index in [4.69, 9.17) is 4.99 Å². The van der Waals surface area contributed by atoms with E-state index in [0.717, 1.165) is 23.7 Å². The minimum absolute atomic E-state index is 0.613. The van der Waals surface area contributed by atoms with E-state index < -0.39 is 0 Å². The van der Waals surface area contributed by atoms with E-state index in [2.05, 4.69) is 37.1 Å². The van der Waals surface area contributed by atoms with E-state index in [1.54, 1.807) is 0 Å². The van der Waals surface area contributed by atoms with Crippen LogP contribution in [0.1, 0.15) is 43.2 Å². The average molecular weight is 265 g/mol. The van der Waals surface area contributed by atoms with Gasteiger partial charge in [0.15, 0.2) is 0 Å². The molecule has 4 aliphatic carbocycles. The first-order valence-electron chi connectivity index (χ1n) is 8.07. The Morgan fingerprint density at radius 2 is 1.40 bits per heavy atom. The molecule has 1 heteroatoms. The summed E-state index contributed by atoms with van der Waals surface area (Å²) < 4.78 is 0. The molecule has 0 saturated heterocycles. The van der Waals surface area contributed by atoms with Crippen LogP contribution in [0.25, 0.3) is 6.08 Å². The number of nitrogens with zero attached hydrogens (tertiary/aromatic N) is 1. The summed E-state index contributed by atoms with van der Waals surface area (Å²) >= 11 is 0. The molecule has 1 aromatic carbocycles. The Morgan fingerprint density at radius 1 is 0.850 bits per heavy atom. The predicted molar refractivity (Wildman–Crippen MR) is 85.0 cm³/mol. The molecule has 0 heterocycles. The lowest BCUT2D eigenvalue weighted by atomic mass is 9.54. The average Bonchev–Trinajstić information content (AvgIpc) is 2.46. The van der Waals surface area contributed by atoms with Crippen molar-refractivity contribution in [2.24, 2.45) is 28.7 Å². The lowest BCUT2D eigenvalue weighted by Gasteiger charge is -2.53. The molecule has 0 amide bonds. The zero-order valence-corrected chi connectivity index (χ0v) is 12.0. The molecule has 0 spiro atoms. The zero-order valence-electron chi connectivity index (χ0n) is 12.0. The number of benzene rings is 1. The van der Waals surface area contributed by atoms with E-state index in [-0.39, 0.29) is 0 Å². The number of rotatable bonds is 3. The highest BCUT2D eigenvalue weighted by Gasteiger charge is 2.47. The third kappa shape index (κ3) is 2.13. The highest BCUT2D eigenvalue weighted by molar-refractivity contribution is 5.80. The molecule has 1 aromatic rings. The highest BCUT2D eigenvalue weighted by Crippen LogP contribution is 2.54. The number of hydrogen-bond donors (Lipinski definition) is 0. The molecule has 0 unspecified atom stereocenters. The van der Waals surface area contributed by atoms with Gasteiger partial charge in [-0.25, -0.2) is 0 Å². The van der Waals surface area contributed by atoms with Crippen LogP contribution in [0.15, 0.2) is 35.8 Å². The monoisotopic (exact) mass is 265 g/mol. The Hall–Kier alpha value is -1.37. The topological polar surface area (TPSA) is 12.4 Å². The van der Waals surface area contributed by atoms with Gasteiger partial charge in [-0.1, -0.05) is 36.9 Å². The molecule has 4 aliphatic rings. The van der Waals surface area contributed by atoms with Gasteiger partial charge in [0.1, 0.15) is 0 Å². The molecular formula is C19H23N. The first-order valence-corrected chi connectivity index (χ1v) is 8.07. The van der Waals surface area contributed by atoms with Gasteiger partial charge in [0, 0.05) is 6.21 Å². The molecule has 5 rings (SSSR count). The first kappa shape index (κ1) is 12.4. The highest BCUT2D eigenvalue weighted by atomic mass is 14.8. The summed E-state index contributed by atoms with van der Waals surface area (Å²) in [7, 11) is 0. The van der Waals surface area contributed by atoms with Crippen LogP contribution < -0.4 is 0 Å². The van der Waals surface area contributed by atoms with E-state index in [1.807, 2.05) is 6.08 Å². The fraction of sp³-hybridized carbons (Fsp3) is 0.526. The molecule has 0 atom stereocenters. The molecule has 0 radical (unpaired) electrons. The SMILES string of the molecule is C=Cc1ccc(C=NC2C3CC4CC(C3)CC2C4)cc1. The lowest BCUT2D eigenvalue weighted by Crippen LogP contribution is -2.47. The van der Waals surface area contributed by atoms with Crippen molar-refractivity contribution in [3.63, 3.8) is 0 Å². The third-order valence-corrected chi connectivity index (χ3v) is 5.74. The largest absolute Gasteiger partial charge is 0.289 e. The van der Waals surface area contributed by atoms with Crippen molar-refractivity contribution in [2.45, 2.75) is 38.1 Å². The van der Waals surface area contributed by atoms with Crippen molar-refractivity contribution in [2.75, 3.05) is 0 Å². The van der Waals surface area contributed by atoms with Gasteiger partial charge in [-0.3, -0.25) is 4.99 Å². The van der Waals surface area contributed by atoms with Crippen LogP contribution in [0, 0.1) is 23.7 Å². The second kappa shape index (κ2) is 4.87. The van der Waals surface area contributed by atoms with Crippen molar-refractivity contribution in [3.05, 3.63) is 42.0 Å². The van der Waals surface area contributed by atoms with Crippen LogP contribution >= 0.6 is 0 Å². The molecular weight excluding hydrogens is 242 g/mol. The normalized spacial score (nSPS) is 38.5. The second-order valence-electron chi connectivity index (χ2n) is 7.07. The molecule has 0 aromatic heterocycles. The third-order valence-electron chi connectivity index (χ3n) is 5.74. The first-order chi connectivity index (χ1) is 9.81. The van der Waals surface area contributed by atoms with Crippen LogP contribution in [-0.4, -0.2) is 12.3 Å². The smallest absolute Gasteiger partial charge is 0.0556 e. The van der Waals surface area contributed by atoms with E-state index in [9.17, 15) is 0 Å². The predicted octanol–water partition coefficient (Wildman–Crippen LogP) is 4.57. The quantitative estimate of drug-likeness (QED) is 0.710. The van der Waals surface area contributed by atoms with Crippen LogP contribution in [0.5, 0.6) is 0 Å². The Balaban J connectivity index is 1.50. The maximum atomic E-state index is 5.00. The van der Waals surface area contributed by atoms with Gasteiger partial charge in [0.2, 0.25) is 0 Å². The Kier molecular flexibility index (Phi) is 3.02. The zero-order chi connectivity index (χ0) is 13.5. The summed E-state index contributed by atoms with van der Waals surface area (Å²) in [6, 6.07) is 9.14. The minimum Gasteiger partial charge on any atom is -0.289 e. The van der Waals surface area contributed by atoms with Gasteiger partial charge in [0.25, 0.3) is 0 Å². The molecule has 0 N–H and O–H groups in total. The molecule has 0 aliphatic heterocycles. The van der Waals surface area contributed by atoms with Crippen LogP contribution in [-0.2, 0) is 0 Å². The van der Waals surface area contributed by atoms with Crippen molar-refractivity contribution in [1.29, 1.82) is 0 Å². The molecule has 4 saturated carbocycles. The van der Waals surface area contributed by atoms with Gasteiger partial charge in [0.05, 0.1) is 6.04 Å². The summed E-state index contributed by atoms with van der Waals surface area (Å²) in [4.78, 5) is 5.00. The van der Waals surface area contributed by atoms with Gasteiger partial charge in [-0.05, 0) is 66.9 Å². The Morgan fingerprint density at radius 3 is 1.95 bits per heavy atom. The molecule has 1 nitrogen and oxygen atoms in total. The van der Waals surface area contributed by atoms with Gasteiger partial charge in [-0.15, -0.1) is 0 Å². The van der Waals surface area contributed by atoms with Crippen LogP contribution in [0.4, 0.5) is 0 Å². The maximum Gasteiger partial charge on any atom is 0.0556 e. The van der Waals surface area contributed by atoms with Crippen molar-refractivity contribution < 1.29 is 0 Å². The minimum atomic E-state index is 0.613. The van der Waals surface area contributed by atoms with Crippen molar-refractivity contribution >= 4 is 12.3 Å². The van der Waals surface area contributed by atoms with Gasteiger partial charge < -0.3 is 0 Å². The van der Waals surface area contributed by atoms with E-state index >= 15 is 0 Å². The van der Waals surface area contributed by atoms with E-state index in [1.165, 1.54) is 43.2 Å². The molecule has 104 valence electrons. The summed E-state index contributed by atoms with van der Waals surface area (Å²) in [6.45, 7) is 3.80. The molecule has 4 bridgehead atoms. The van der Waals surface area contributed by atoms with Crippen LogP contribution in [0.3, 0.4) is 0 Å². The molecule has 4 fully saturated rings. The fourth-order valence-corrected chi connectivity index (χ4v) is 5.03. The summed E-state index contributed by atoms with van der Waals surface area (Å²) in [5.41, 5.74) is 2.40. The number of hydrogen-bond acceptors (Lipinski definition) is 1. The summed E-state index contributed by atoms with van der Waals surface area (Å²) in [6.07, 6.45) is 11.3. The van der Waals surface area contributed by atoms with Crippen molar-refractivity contribution in [3.8, 4) is 0 Å². The maximum absolute atomic E-state index is 5.00. The second-order valence-corrected chi connectivity index (χ2v) is 7.07. The lowest BCUT2D eigenvalue weighted by molar-refractivity contribution is 0.00146. The fourth-order valence-electron chi connectivity index (χ4n) is 5.03. The molecule has 20 heavy (non-hydrogen) atoms. The summed E-state index contributed by atoms with van der Waals surface area (Å²) in [5.74, 6) is 3.84. The summed E-state index contributed by atoms with van der Waals surface area (Å²) in [5, 5.41) is 0.